The van der Waals surface area contributed by atoms with Crippen molar-refractivity contribution in [3.8, 4) is 0 Å². The molecule has 2 heterocycles. The van der Waals surface area contributed by atoms with Crippen molar-refractivity contribution in [3.05, 3.63) is 40.9 Å². The van der Waals surface area contributed by atoms with Crippen molar-refractivity contribution in [3.63, 3.8) is 0 Å². The van der Waals surface area contributed by atoms with Crippen LogP contribution in [0.3, 0.4) is 0 Å². The number of rotatable bonds is 4. The average molecular weight is 301 g/mol. The zero-order valence-corrected chi connectivity index (χ0v) is 10.7. The van der Waals surface area contributed by atoms with E-state index in [0.29, 0.717) is 17.5 Å². The minimum atomic E-state index is -4.65. The van der Waals surface area contributed by atoms with Gasteiger partial charge in [-0.05, 0) is 19.1 Å². The number of carboxylic acids is 1. The third-order valence-electron chi connectivity index (χ3n) is 2.53. The van der Waals surface area contributed by atoms with Crippen LogP contribution in [0.1, 0.15) is 27.5 Å². The molecule has 112 valence electrons. The number of aromatic carboxylic acids is 1. The molecule has 2 rings (SSSR count). The number of nitrogens with zero attached hydrogens (tertiary/aromatic N) is 2. The molecule has 6 nitrogen and oxygen atoms in total. The second kappa shape index (κ2) is 5.43. The van der Waals surface area contributed by atoms with Crippen molar-refractivity contribution in [1.29, 1.82) is 0 Å². The van der Waals surface area contributed by atoms with E-state index in [1.165, 1.54) is 0 Å². The summed E-state index contributed by atoms with van der Waals surface area (Å²) < 4.78 is 42.6. The first kappa shape index (κ1) is 14.8. The van der Waals surface area contributed by atoms with Gasteiger partial charge >= 0.3 is 12.1 Å². The van der Waals surface area contributed by atoms with E-state index in [2.05, 4.69) is 15.5 Å². The van der Waals surface area contributed by atoms with Gasteiger partial charge in [-0.1, -0.05) is 5.16 Å². The molecule has 21 heavy (non-hydrogen) atoms. The van der Waals surface area contributed by atoms with Crippen molar-refractivity contribution < 1.29 is 27.6 Å². The quantitative estimate of drug-likeness (QED) is 0.902. The molecule has 0 bridgehead atoms. The lowest BCUT2D eigenvalue weighted by molar-refractivity contribution is -0.141. The first-order chi connectivity index (χ1) is 9.77. The van der Waals surface area contributed by atoms with Crippen molar-refractivity contribution in [1.82, 2.24) is 10.1 Å². The van der Waals surface area contributed by atoms with Gasteiger partial charge in [0.1, 0.15) is 28.5 Å². The van der Waals surface area contributed by atoms with Crippen molar-refractivity contribution in [2.75, 3.05) is 5.32 Å². The van der Waals surface area contributed by atoms with E-state index in [1.807, 2.05) is 0 Å². The Kier molecular flexibility index (Phi) is 3.83. The average Bonchev–Trinajstić information content (AvgIpc) is 2.80. The molecule has 0 aliphatic heterocycles. The summed E-state index contributed by atoms with van der Waals surface area (Å²) in [5.41, 5.74) is -1.11. The molecule has 0 unspecified atom stereocenters. The Morgan fingerprint density at radius 3 is 2.67 bits per heavy atom. The summed E-state index contributed by atoms with van der Waals surface area (Å²) in [5.74, 6) is -1.23. The first-order valence-electron chi connectivity index (χ1n) is 5.75. The zero-order chi connectivity index (χ0) is 15.6. The Hall–Kier alpha value is -2.58. The summed E-state index contributed by atoms with van der Waals surface area (Å²) in [7, 11) is 0. The fraction of sp³-hybridized carbons (Fsp3) is 0.250. The summed E-state index contributed by atoms with van der Waals surface area (Å²) in [6.07, 6.45) is -4.65. The number of alkyl halides is 3. The Morgan fingerprint density at radius 2 is 2.14 bits per heavy atom. The summed E-state index contributed by atoms with van der Waals surface area (Å²) in [6, 6.07) is 3.05. The van der Waals surface area contributed by atoms with Gasteiger partial charge in [0.2, 0.25) is 0 Å². The van der Waals surface area contributed by atoms with Crippen molar-refractivity contribution in [2.45, 2.75) is 19.6 Å². The number of halogens is 3. The fourth-order valence-corrected chi connectivity index (χ4v) is 1.60. The monoisotopic (exact) mass is 301 g/mol. The zero-order valence-electron chi connectivity index (χ0n) is 10.7. The van der Waals surface area contributed by atoms with E-state index >= 15 is 0 Å². The normalized spacial score (nSPS) is 11.4. The van der Waals surface area contributed by atoms with Crippen LogP contribution < -0.4 is 5.32 Å². The van der Waals surface area contributed by atoms with Gasteiger partial charge in [-0.3, -0.25) is 0 Å². The van der Waals surface area contributed by atoms with Crippen LogP contribution in [0.2, 0.25) is 0 Å². The van der Waals surface area contributed by atoms with Gasteiger partial charge in [-0.15, -0.1) is 0 Å². The standard InChI is InChI=1S/C12H10F3N3O3/c1-6-4-7(18-21-6)5-16-10-8(11(19)20)2-3-9(17-10)12(13,14)15/h2-4H,5H2,1H3,(H,16,17)(H,19,20). The maximum Gasteiger partial charge on any atom is 0.433 e. The SMILES string of the molecule is Cc1cc(CNc2nc(C(F)(F)F)ccc2C(=O)O)no1. The molecular formula is C12H10F3N3O3. The van der Waals surface area contributed by atoms with Crippen LogP contribution in [0.4, 0.5) is 19.0 Å². The topological polar surface area (TPSA) is 88.2 Å². The maximum atomic E-state index is 12.6. The van der Waals surface area contributed by atoms with Crippen LogP contribution in [0, 0.1) is 6.92 Å². The molecule has 0 saturated carbocycles. The third-order valence-corrected chi connectivity index (χ3v) is 2.53. The van der Waals surface area contributed by atoms with Crippen LogP contribution in [-0.2, 0) is 12.7 Å². The molecule has 9 heteroatoms. The van der Waals surface area contributed by atoms with Crippen LogP contribution >= 0.6 is 0 Å². The van der Waals surface area contributed by atoms with Gasteiger partial charge in [0, 0.05) is 6.07 Å². The van der Waals surface area contributed by atoms with E-state index in [9.17, 15) is 18.0 Å². The Balaban J connectivity index is 2.28. The number of aromatic nitrogens is 2. The molecule has 2 aromatic rings. The van der Waals surface area contributed by atoms with E-state index in [0.717, 1.165) is 6.07 Å². The number of aryl methyl sites for hydroxylation is 1. The van der Waals surface area contributed by atoms with Crippen LogP contribution in [-0.4, -0.2) is 21.2 Å². The summed E-state index contributed by atoms with van der Waals surface area (Å²) in [6.45, 7) is 1.65. The van der Waals surface area contributed by atoms with Gasteiger partial charge < -0.3 is 14.9 Å². The van der Waals surface area contributed by atoms with Gasteiger partial charge in [-0.2, -0.15) is 13.2 Å². The van der Waals surface area contributed by atoms with Gasteiger partial charge in [0.25, 0.3) is 0 Å². The second-order valence-corrected chi connectivity index (χ2v) is 4.18. The maximum absolute atomic E-state index is 12.6. The highest BCUT2D eigenvalue weighted by molar-refractivity contribution is 5.93. The van der Waals surface area contributed by atoms with E-state index in [1.54, 1.807) is 13.0 Å². The summed E-state index contributed by atoms with van der Waals surface area (Å²) in [5, 5.41) is 15.1. The Bertz CT molecular complexity index is 667. The lowest BCUT2D eigenvalue weighted by Gasteiger charge is -2.11. The number of pyridine rings is 1. The number of carbonyl (C=O) groups is 1. The summed E-state index contributed by atoms with van der Waals surface area (Å²) in [4.78, 5) is 14.3. The Morgan fingerprint density at radius 1 is 1.43 bits per heavy atom. The van der Waals surface area contributed by atoms with Gasteiger partial charge in [0.05, 0.1) is 6.54 Å². The molecular weight excluding hydrogens is 291 g/mol. The second-order valence-electron chi connectivity index (χ2n) is 4.18. The third kappa shape index (κ3) is 3.50. The number of carboxylic acid groups (broad SMARTS) is 1. The number of hydrogen-bond acceptors (Lipinski definition) is 5. The van der Waals surface area contributed by atoms with Crippen LogP contribution in [0.15, 0.2) is 22.7 Å². The molecule has 2 aromatic heterocycles. The highest BCUT2D eigenvalue weighted by Gasteiger charge is 2.33. The van der Waals surface area contributed by atoms with E-state index < -0.39 is 17.8 Å². The highest BCUT2D eigenvalue weighted by Crippen LogP contribution is 2.29. The fourth-order valence-electron chi connectivity index (χ4n) is 1.60. The molecule has 0 atom stereocenters. The molecule has 0 aliphatic rings. The lowest BCUT2D eigenvalue weighted by Crippen LogP contribution is -2.14. The van der Waals surface area contributed by atoms with Crippen LogP contribution in [0.25, 0.3) is 0 Å². The molecule has 0 amide bonds. The van der Waals surface area contributed by atoms with Crippen molar-refractivity contribution in [2.24, 2.45) is 0 Å². The predicted molar refractivity (Wildman–Crippen MR) is 64.8 cm³/mol. The lowest BCUT2D eigenvalue weighted by atomic mass is 10.2. The number of hydrogen-bond donors (Lipinski definition) is 2. The number of anilines is 1. The van der Waals surface area contributed by atoms with E-state index in [4.69, 9.17) is 9.63 Å². The molecule has 0 spiro atoms. The van der Waals surface area contributed by atoms with E-state index in [-0.39, 0.29) is 17.9 Å². The molecule has 0 aromatic carbocycles. The smallest absolute Gasteiger partial charge is 0.433 e. The minimum absolute atomic E-state index is 0.00801. The largest absolute Gasteiger partial charge is 0.478 e. The van der Waals surface area contributed by atoms with Crippen LogP contribution in [0.5, 0.6) is 0 Å². The molecule has 0 radical (unpaired) electrons. The first-order valence-corrected chi connectivity index (χ1v) is 5.75. The molecule has 0 fully saturated rings. The van der Waals surface area contributed by atoms with Gasteiger partial charge in [0.15, 0.2) is 0 Å². The van der Waals surface area contributed by atoms with Crippen molar-refractivity contribution >= 4 is 11.8 Å². The van der Waals surface area contributed by atoms with Gasteiger partial charge in [-0.25, -0.2) is 9.78 Å². The highest BCUT2D eigenvalue weighted by atomic mass is 19.4. The molecule has 0 aliphatic carbocycles. The Labute approximate surface area is 116 Å². The molecule has 0 saturated heterocycles. The minimum Gasteiger partial charge on any atom is -0.478 e. The predicted octanol–water partition coefficient (Wildman–Crippen LogP) is 2.71. The molecule has 2 N–H and O–H groups in total. The number of nitrogens with one attached hydrogen (secondary N) is 1. The summed E-state index contributed by atoms with van der Waals surface area (Å²) >= 11 is 0.